The number of benzene rings is 2. The number of hydrogen-bond acceptors (Lipinski definition) is 3. The van der Waals surface area contributed by atoms with E-state index in [1.54, 1.807) is 12.1 Å². The van der Waals surface area contributed by atoms with Gasteiger partial charge in [-0.05, 0) is 24.3 Å². The average molecular weight is 256 g/mol. The fourth-order valence-corrected chi connectivity index (χ4v) is 2.10. The summed E-state index contributed by atoms with van der Waals surface area (Å²) in [6.07, 6.45) is 0. The smallest absolute Gasteiger partial charge is 0.339 e. The summed E-state index contributed by atoms with van der Waals surface area (Å²) < 4.78 is 5.51. The van der Waals surface area contributed by atoms with E-state index in [2.05, 4.69) is 0 Å². The van der Waals surface area contributed by atoms with Gasteiger partial charge in [-0.1, -0.05) is 12.1 Å². The van der Waals surface area contributed by atoms with Gasteiger partial charge in [0, 0.05) is 10.8 Å². The summed E-state index contributed by atoms with van der Waals surface area (Å²) in [5, 5.41) is 19.3. The van der Waals surface area contributed by atoms with Gasteiger partial charge in [0.15, 0.2) is 0 Å². The van der Waals surface area contributed by atoms with Crippen molar-refractivity contribution in [3.05, 3.63) is 47.5 Å². The first-order valence-corrected chi connectivity index (χ1v) is 5.50. The van der Waals surface area contributed by atoms with Crippen molar-refractivity contribution in [2.75, 3.05) is 0 Å². The van der Waals surface area contributed by atoms with E-state index in [0.717, 1.165) is 0 Å². The van der Waals surface area contributed by atoms with Crippen molar-refractivity contribution in [2.45, 2.75) is 0 Å². The summed E-state index contributed by atoms with van der Waals surface area (Å²) in [4.78, 5) is 22.1. The summed E-state index contributed by atoms with van der Waals surface area (Å²) in [5.74, 6) is -2.12. The highest BCUT2D eigenvalue weighted by Gasteiger charge is 2.16. The molecule has 0 radical (unpaired) electrons. The molecule has 0 aliphatic carbocycles. The van der Waals surface area contributed by atoms with Gasteiger partial charge in [0.25, 0.3) is 0 Å². The number of carbonyl (C=O) groups is 2. The molecule has 5 heteroatoms. The predicted octanol–water partition coefficient (Wildman–Crippen LogP) is 2.98. The number of aromatic carboxylic acids is 2. The molecule has 2 N–H and O–H groups in total. The van der Waals surface area contributed by atoms with Crippen LogP contribution in [0.1, 0.15) is 20.7 Å². The molecule has 3 rings (SSSR count). The minimum atomic E-state index is -1.08. The van der Waals surface area contributed by atoms with Gasteiger partial charge in [0.2, 0.25) is 0 Å². The molecule has 19 heavy (non-hydrogen) atoms. The van der Waals surface area contributed by atoms with Crippen molar-refractivity contribution in [2.24, 2.45) is 0 Å². The third-order valence-electron chi connectivity index (χ3n) is 2.97. The van der Waals surface area contributed by atoms with Crippen LogP contribution in [0.25, 0.3) is 21.9 Å². The Bertz CT molecular complexity index is 828. The highest BCUT2D eigenvalue weighted by molar-refractivity contribution is 6.12. The molecule has 0 saturated heterocycles. The van der Waals surface area contributed by atoms with E-state index in [1.807, 2.05) is 0 Å². The molecule has 2 aromatic carbocycles. The van der Waals surface area contributed by atoms with Crippen molar-refractivity contribution < 1.29 is 24.2 Å². The van der Waals surface area contributed by atoms with E-state index in [4.69, 9.17) is 14.6 Å². The SMILES string of the molecule is O=C(O)c1ccc2oc3c(C(=O)O)cccc3c2c1. The third-order valence-corrected chi connectivity index (χ3v) is 2.97. The fourth-order valence-electron chi connectivity index (χ4n) is 2.10. The third kappa shape index (κ3) is 1.63. The van der Waals surface area contributed by atoms with Gasteiger partial charge < -0.3 is 14.6 Å². The van der Waals surface area contributed by atoms with Gasteiger partial charge in [0.1, 0.15) is 16.7 Å². The number of para-hydroxylation sites is 1. The predicted molar refractivity (Wildman–Crippen MR) is 67.6 cm³/mol. The van der Waals surface area contributed by atoms with Gasteiger partial charge in [-0.25, -0.2) is 9.59 Å². The highest BCUT2D eigenvalue weighted by Crippen LogP contribution is 2.31. The van der Waals surface area contributed by atoms with Crippen LogP contribution in [-0.4, -0.2) is 22.2 Å². The number of carboxylic acids is 2. The van der Waals surface area contributed by atoms with E-state index in [9.17, 15) is 9.59 Å². The molecule has 0 saturated carbocycles. The second kappa shape index (κ2) is 3.84. The molecule has 94 valence electrons. The zero-order valence-electron chi connectivity index (χ0n) is 9.58. The van der Waals surface area contributed by atoms with Crippen molar-refractivity contribution in [3.63, 3.8) is 0 Å². The molecule has 0 aliphatic heterocycles. The van der Waals surface area contributed by atoms with Crippen LogP contribution in [0, 0.1) is 0 Å². The maximum absolute atomic E-state index is 11.1. The van der Waals surface area contributed by atoms with Gasteiger partial charge in [0.05, 0.1) is 5.56 Å². The summed E-state index contributed by atoms with van der Waals surface area (Å²) in [7, 11) is 0. The quantitative estimate of drug-likeness (QED) is 0.735. The molecule has 1 aromatic heterocycles. The lowest BCUT2D eigenvalue weighted by molar-refractivity contribution is 0.0686. The molecule has 0 aliphatic rings. The lowest BCUT2D eigenvalue weighted by atomic mass is 10.1. The van der Waals surface area contributed by atoms with E-state index in [1.165, 1.54) is 24.3 Å². The molecule has 1 heterocycles. The molecule has 5 nitrogen and oxygen atoms in total. The van der Waals surface area contributed by atoms with Crippen LogP contribution < -0.4 is 0 Å². The number of fused-ring (bicyclic) bond motifs is 3. The van der Waals surface area contributed by atoms with Crippen molar-refractivity contribution in [1.29, 1.82) is 0 Å². The number of hydrogen-bond donors (Lipinski definition) is 2. The fraction of sp³-hybridized carbons (Fsp3) is 0. The molecular weight excluding hydrogens is 248 g/mol. The standard InChI is InChI=1S/C14H8O5/c15-13(16)7-4-5-11-10(6-7)8-2-1-3-9(14(17)18)12(8)19-11/h1-6H,(H,15,16)(H,17,18). The van der Waals surface area contributed by atoms with Gasteiger partial charge in [-0.2, -0.15) is 0 Å². The molecular formula is C14H8O5. The first kappa shape index (κ1) is 11.3. The average Bonchev–Trinajstić information content (AvgIpc) is 2.75. The highest BCUT2D eigenvalue weighted by atomic mass is 16.4. The summed E-state index contributed by atoms with van der Waals surface area (Å²) >= 11 is 0. The Kier molecular flexibility index (Phi) is 2.28. The maximum atomic E-state index is 11.1. The Morgan fingerprint density at radius 2 is 1.74 bits per heavy atom. The van der Waals surface area contributed by atoms with E-state index >= 15 is 0 Å². The molecule has 0 amide bonds. The van der Waals surface area contributed by atoms with Crippen LogP contribution in [0.15, 0.2) is 40.8 Å². The first-order chi connectivity index (χ1) is 9.08. The van der Waals surface area contributed by atoms with Gasteiger partial charge in [-0.15, -0.1) is 0 Å². The summed E-state index contributed by atoms with van der Waals surface area (Å²) in [6, 6.07) is 9.20. The largest absolute Gasteiger partial charge is 0.478 e. The van der Waals surface area contributed by atoms with Crippen molar-refractivity contribution >= 4 is 33.9 Å². The van der Waals surface area contributed by atoms with E-state index in [-0.39, 0.29) is 16.7 Å². The van der Waals surface area contributed by atoms with Gasteiger partial charge in [-0.3, -0.25) is 0 Å². The molecule has 0 bridgehead atoms. The van der Waals surface area contributed by atoms with Crippen molar-refractivity contribution in [3.8, 4) is 0 Å². The van der Waals surface area contributed by atoms with E-state index in [0.29, 0.717) is 16.4 Å². The lowest BCUT2D eigenvalue weighted by Crippen LogP contribution is -1.95. The van der Waals surface area contributed by atoms with Crippen LogP contribution >= 0.6 is 0 Å². The number of furan rings is 1. The molecule has 0 unspecified atom stereocenters. The summed E-state index contributed by atoms with van der Waals surface area (Å²) in [6.45, 7) is 0. The minimum absolute atomic E-state index is 0.0607. The zero-order chi connectivity index (χ0) is 13.6. The van der Waals surface area contributed by atoms with Gasteiger partial charge >= 0.3 is 11.9 Å². The first-order valence-electron chi connectivity index (χ1n) is 5.50. The second-order valence-corrected chi connectivity index (χ2v) is 4.11. The monoisotopic (exact) mass is 256 g/mol. The van der Waals surface area contributed by atoms with Crippen LogP contribution in [0.2, 0.25) is 0 Å². The second-order valence-electron chi connectivity index (χ2n) is 4.11. The van der Waals surface area contributed by atoms with E-state index < -0.39 is 11.9 Å². The Hall–Kier alpha value is -2.82. The molecule has 0 fully saturated rings. The molecule has 0 spiro atoms. The van der Waals surface area contributed by atoms with Crippen LogP contribution in [0.3, 0.4) is 0 Å². The minimum Gasteiger partial charge on any atom is -0.478 e. The molecule has 0 atom stereocenters. The topological polar surface area (TPSA) is 87.7 Å². The van der Waals surface area contributed by atoms with Crippen LogP contribution in [-0.2, 0) is 0 Å². The number of rotatable bonds is 2. The van der Waals surface area contributed by atoms with Crippen LogP contribution in [0.4, 0.5) is 0 Å². The Morgan fingerprint density at radius 1 is 0.947 bits per heavy atom. The lowest BCUT2D eigenvalue weighted by Gasteiger charge is -1.95. The number of carboxylic acid groups (broad SMARTS) is 2. The van der Waals surface area contributed by atoms with Crippen molar-refractivity contribution in [1.82, 2.24) is 0 Å². The summed E-state index contributed by atoms with van der Waals surface area (Å²) in [5.41, 5.74) is 0.919. The maximum Gasteiger partial charge on any atom is 0.339 e. The molecule has 3 aromatic rings. The normalized spacial score (nSPS) is 10.9. The Labute approximate surface area is 106 Å². The van der Waals surface area contributed by atoms with Crippen LogP contribution in [0.5, 0.6) is 0 Å². The Balaban J connectivity index is 2.43. The zero-order valence-corrected chi connectivity index (χ0v) is 9.58. The Morgan fingerprint density at radius 3 is 2.42 bits per heavy atom.